The van der Waals surface area contributed by atoms with E-state index in [0.29, 0.717) is 0 Å². The molecule has 114 valence electrons. The summed E-state index contributed by atoms with van der Waals surface area (Å²) in [5.74, 6) is 0.286. The second-order valence-electron chi connectivity index (χ2n) is 6.79. The minimum absolute atomic E-state index is 0.0283. The van der Waals surface area contributed by atoms with Gasteiger partial charge in [-0.25, -0.2) is 0 Å². The van der Waals surface area contributed by atoms with Crippen molar-refractivity contribution in [2.75, 3.05) is 27.2 Å². The number of amides is 1. The Morgan fingerprint density at radius 2 is 2.05 bits per heavy atom. The number of carbonyl (C=O) groups excluding carboxylic acids is 1. The highest BCUT2D eigenvalue weighted by atomic mass is 16.2. The predicted octanol–water partition coefficient (Wildman–Crippen LogP) is 1.83. The highest BCUT2D eigenvalue weighted by molar-refractivity contribution is 5.92. The lowest BCUT2D eigenvalue weighted by Gasteiger charge is -2.27. The number of nitrogens with zero attached hydrogens (tertiary/aromatic N) is 2. The minimum atomic E-state index is -0.256. The van der Waals surface area contributed by atoms with Crippen LogP contribution in [0.5, 0.6) is 0 Å². The van der Waals surface area contributed by atoms with E-state index in [0.717, 1.165) is 25.9 Å². The molecule has 1 heterocycles. The van der Waals surface area contributed by atoms with Gasteiger partial charge in [-0.15, -0.1) is 0 Å². The van der Waals surface area contributed by atoms with Crippen molar-refractivity contribution in [3.63, 3.8) is 0 Å². The molecule has 21 heavy (non-hydrogen) atoms. The predicted molar refractivity (Wildman–Crippen MR) is 84.0 cm³/mol. The van der Waals surface area contributed by atoms with Crippen LogP contribution in [-0.2, 0) is 4.79 Å². The van der Waals surface area contributed by atoms with Crippen LogP contribution in [0.4, 0.5) is 0 Å². The van der Waals surface area contributed by atoms with Gasteiger partial charge in [-0.2, -0.15) is 0 Å². The largest absolute Gasteiger partial charge is 0.320 e. The maximum Gasteiger partial charge on any atom is 0.244 e. The summed E-state index contributed by atoms with van der Waals surface area (Å²) in [5, 5.41) is 3.60. The molecule has 1 aliphatic heterocycles. The zero-order chi connectivity index (χ0) is 15.2. The normalized spacial score (nSPS) is 23.4. The molecule has 1 aliphatic carbocycles. The van der Waals surface area contributed by atoms with Gasteiger partial charge in [0, 0.05) is 13.1 Å². The molecule has 4 heteroatoms. The van der Waals surface area contributed by atoms with E-state index in [9.17, 15) is 4.79 Å². The summed E-state index contributed by atoms with van der Waals surface area (Å²) in [7, 11) is 4.10. The zero-order valence-electron chi connectivity index (χ0n) is 13.4. The summed E-state index contributed by atoms with van der Waals surface area (Å²) in [6.07, 6.45) is 1.98. The molecule has 1 spiro atoms. The van der Waals surface area contributed by atoms with Gasteiger partial charge in [-0.3, -0.25) is 10.1 Å². The number of likely N-dealkylation sites (N-methyl/N-ethyl adjacent to an activating group) is 1. The number of hydrogen-bond donors (Lipinski definition) is 1. The van der Waals surface area contributed by atoms with Crippen LogP contribution < -0.4 is 5.32 Å². The number of hydrogen-bond acceptors (Lipinski definition) is 3. The van der Waals surface area contributed by atoms with Crippen LogP contribution in [0, 0.1) is 13.8 Å². The quantitative estimate of drug-likeness (QED) is 0.917. The van der Waals surface area contributed by atoms with Crippen LogP contribution in [0.15, 0.2) is 18.2 Å². The molecular weight excluding hydrogens is 262 g/mol. The van der Waals surface area contributed by atoms with Crippen molar-refractivity contribution in [3.05, 3.63) is 34.9 Å². The van der Waals surface area contributed by atoms with Crippen molar-refractivity contribution >= 4 is 5.91 Å². The zero-order valence-corrected chi connectivity index (χ0v) is 13.4. The summed E-state index contributed by atoms with van der Waals surface area (Å²) in [6.45, 7) is 5.91. The smallest absolute Gasteiger partial charge is 0.244 e. The first-order chi connectivity index (χ1) is 9.93. The molecule has 0 bridgehead atoms. The highest BCUT2D eigenvalue weighted by Gasteiger charge is 2.59. The summed E-state index contributed by atoms with van der Waals surface area (Å²) in [4.78, 5) is 16.9. The standard InChI is InChI=1S/C17H25N3O/c1-12-5-6-14(13(2)11-12)15-18-17(7-8-17)16(21)20(15)10-9-19(3)4/h5-6,11,15,18H,7-10H2,1-4H3. The van der Waals surface area contributed by atoms with E-state index in [2.05, 4.69) is 42.3 Å². The van der Waals surface area contributed by atoms with Crippen LogP contribution in [0.25, 0.3) is 0 Å². The molecule has 0 aromatic heterocycles. The fourth-order valence-corrected chi connectivity index (χ4v) is 3.19. The van der Waals surface area contributed by atoms with E-state index in [1.54, 1.807) is 0 Å². The molecule has 2 fully saturated rings. The first-order valence-electron chi connectivity index (χ1n) is 7.74. The van der Waals surface area contributed by atoms with Gasteiger partial charge < -0.3 is 9.80 Å². The summed E-state index contributed by atoms with van der Waals surface area (Å²) in [5.41, 5.74) is 3.50. The Hall–Kier alpha value is -1.39. The first kappa shape index (κ1) is 14.5. The maximum absolute atomic E-state index is 12.7. The van der Waals surface area contributed by atoms with Crippen molar-refractivity contribution in [2.45, 2.75) is 38.4 Å². The third kappa shape index (κ3) is 2.58. The van der Waals surface area contributed by atoms with Gasteiger partial charge in [0.15, 0.2) is 0 Å². The Bertz CT molecular complexity index is 563. The molecule has 1 saturated carbocycles. The van der Waals surface area contributed by atoms with Crippen molar-refractivity contribution in [1.82, 2.24) is 15.1 Å². The number of rotatable bonds is 4. The molecular formula is C17H25N3O. The first-order valence-corrected chi connectivity index (χ1v) is 7.74. The third-order valence-corrected chi connectivity index (χ3v) is 4.65. The number of nitrogens with one attached hydrogen (secondary N) is 1. The summed E-state index contributed by atoms with van der Waals surface area (Å²) >= 11 is 0. The molecule has 4 nitrogen and oxygen atoms in total. The average molecular weight is 287 g/mol. The van der Waals surface area contributed by atoms with Gasteiger partial charge in [0.05, 0.1) is 0 Å². The van der Waals surface area contributed by atoms with Crippen LogP contribution >= 0.6 is 0 Å². The molecule has 1 N–H and O–H groups in total. The Kier molecular flexibility index (Phi) is 3.54. The fraction of sp³-hybridized carbons (Fsp3) is 0.588. The monoisotopic (exact) mass is 287 g/mol. The van der Waals surface area contributed by atoms with E-state index in [1.807, 2.05) is 19.0 Å². The lowest BCUT2D eigenvalue weighted by Crippen LogP contribution is -2.37. The topological polar surface area (TPSA) is 35.6 Å². The molecule has 3 rings (SSSR count). The maximum atomic E-state index is 12.7. The molecule has 1 atom stereocenters. The SMILES string of the molecule is Cc1ccc(C2NC3(CC3)C(=O)N2CCN(C)C)c(C)c1. The van der Waals surface area contributed by atoms with Gasteiger partial charge in [0.2, 0.25) is 5.91 Å². The Morgan fingerprint density at radius 3 is 2.62 bits per heavy atom. The Labute approximate surface area is 127 Å². The van der Waals surface area contributed by atoms with Crippen LogP contribution in [-0.4, -0.2) is 48.4 Å². The van der Waals surface area contributed by atoms with E-state index < -0.39 is 0 Å². The van der Waals surface area contributed by atoms with Gasteiger partial charge >= 0.3 is 0 Å². The van der Waals surface area contributed by atoms with Gasteiger partial charge in [-0.05, 0) is 51.9 Å². The lowest BCUT2D eigenvalue weighted by atomic mass is 10.0. The van der Waals surface area contributed by atoms with Crippen molar-refractivity contribution in [2.24, 2.45) is 0 Å². The number of benzene rings is 1. The van der Waals surface area contributed by atoms with Crippen LogP contribution in [0.3, 0.4) is 0 Å². The van der Waals surface area contributed by atoms with Crippen molar-refractivity contribution in [3.8, 4) is 0 Å². The summed E-state index contributed by atoms with van der Waals surface area (Å²) in [6, 6.07) is 6.50. The van der Waals surface area contributed by atoms with Crippen molar-refractivity contribution in [1.29, 1.82) is 0 Å². The minimum Gasteiger partial charge on any atom is -0.320 e. The Morgan fingerprint density at radius 1 is 1.33 bits per heavy atom. The fourth-order valence-electron chi connectivity index (χ4n) is 3.19. The van der Waals surface area contributed by atoms with E-state index >= 15 is 0 Å². The van der Waals surface area contributed by atoms with Crippen molar-refractivity contribution < 1.29 is 4.79 Å². The third-order valence-electron chi connectivity index (χ3n) is 4.65. The second-order valence-corrected chi connectivity index (χ2v) is 6.79. The van der Waals surface area contributed by atoms with E-state index in [-0.39, 0.29) is 17.6 Å². The molecule has 1 amide bonds. The average Bonchev–Trinajstić information content (AvgIpc) is 3.12. The number of carbonyl (C=O) groups is 1. The molecule has 1 aromatic carbocycles. The molecule has 1 unspecified atom stereocenters. The van der Waals surface area contributed by atoms with E-state index in [4.69, 9.17) is 0 Å². The van der Waals surface area contributed by atoms with E-state index in [1.165, 1.54) is 16.7 Å². The Balaban J connectivity index is 1.89. The molecule has 1 saturated heterocycles. The number of aryl methyl sites for hydroxylation is 2. The molecule has 1 aromatic rings. The summed E-state index contributed by atoms with van der Waals surface area (Å²) < 4.78 is 0. The highest BCUT2D eigenvalue weighted by Crippen LogP contribution is 2.46. The van der Waals surface area contributed by atoms with Gasteiger partial charge in [0.25, 0.3) is 0 Å². The van der Waals surface area contributed by atoms with Gasteiger partial charge in [-0.1, -0.05) is 23.8 Å². The van der Waals surface area contributed by atoms with Crippen LogP contribution in [0.1, 0.15) is 35.7 Å². The lowest BCUT2D eigenvalue weighted by molar-refractivity contribution is -0.131. The molecule has 0 radical (unpaired) electrons. The van der Waals surface area contributed by atoms with Gasteiger partial charge in [0.1, 0.15) is 11.7 Å². The van der Waals surface area contributed by atoms with Crippen LogP contribution in [0.2, 0.25) is 0 Å². The molecule has 2 aliphatic rings. The second kappa shape index (κ2) is 5.11.